The Morgan fingerprint density at radius 3 is 2.30 bits per heavy atom. The van der Waals surface area contributed by atoms with Crippen LogP contribution in [0.2, 0.25) is 0 Å². The minimum atomic E-state index is 0.0664. The molecule has 0 aliphatic heterocycles. The van der Waals surface area contributed by atoms with Gasteiger partial charge in [-0.15, -0.1) is 0 Å². The van der Waals surface area contributed by atoms with Gasteiger partial charge in [0.2, 0.25) is 5.91 Å². The predicted octanol–water partition coefficient (Wildman–Crippen LogP) is 3.06. The third-order valence-corrected chi connectivity index (χ3v) is 3.44. The molecule has 20 heavy (non-hydrogen) atoms. The van der Waals surface area contributed by atoms with Gasteiger partial charge in [-0.3, -0.25) is 4.79 Å². The lowest BCUT2D eigenvalue weighted by Gasteiger charge is -2.23. The number of hydrogen-bond acceptors (Lipinski definition) is 2. The topological polar surface area (TPSA) is 41.1 Å². The number of nitrogens with one attached hydrogen (secondary N) is 2. The van der Waals surface area contributed by atoms with E-state index in [-0.39, 0.29) is 11.9 Å². The second-order valence-electron chi connectivity index (χ2n) is 5.56. The van der Waals surface area contributed by atoms with Crippen molar-refractivity contribution >= 4 is 5.91 Å². The van der Waals surface area contributed by atoms with Crippen LogP contribution in [-0.4, -0.2) is 19.0 Å². The summed E-state index contributed by atoms with van der Waals surface area (Å²) in [6.45, 7) is 9.79. The van der Waals surface area contributed by atoms with Crippen LogP contribution in [-0.2, 0) is 11.2 Å². The van der Waals surface area contributed by atoms with E-state index in [0.717, 1.165) is 19.4 Å². The standard InChI is InChI=1S/C17H28N2O/c1-5-11-18-12-16(20)19-17(13(3)4)15-9-7-14(6-2)8-10-15/h7-10,13,17-18H,5-6,11-12H2,1-4H3,(H,19,20). The molecule has 0 aliphatic rings. The van der Waals surface area contributed by atoms with E-state index in [1.807, 2.05) is 0 Å². The second-order valence-corrected chi connectivity index (χ2v) is 5.56. The van der Waals surface area contributed by atoms with E-state index in [1.165, 1.54) is 11.1 Å². The van der Waals surface area contributed by atoms with Crippen LogP contribution in [0.1, 0.15) is 51.3 Å². The van der Waals surface area contributed by atoms with Gasteiger partial charge in [0, 0.05) is 0 Å². The normalized spacial score (nSPS) is 12.4. The Kier molecular flexibility index (Phi) is 7.31. The lowest BCUT2D eigenvalue weighted by atomic mass is 9.95. The fourth-order valence-electron chi connectivity index (χ4n) is 2.20. The Hall–Kier alpha value is -1.35. The lowest BCUT2D eigenvalue weighted by molar-refractivity contribution is -0.121. The van der Waals surface area contributed by atoms with Crippen LogP contribution in [0, 0.1) is 5.92 Å². The van der Waals surface area contributed by atoms with Crippen molar-refractivity contribution in [1.82, 2.24) is 10.6 Å². The van der Waals surface area contributed by atoms with Gasteiger partial charge in [0.1, 0.15) is 0 Å². The average Bonchev–Trinajstić information content (AvgIpc) is 2.45. The van der Waals surface area contributed by atoms with Crippen LogP contribution in [0.5, 0.6) is 0 Å². The maximum Gasteiger partial charge on any atom is 0.234 e. The van der Waals surface area contributed by atoms with E-state index in [2.05, 4.69) is 62.6 Å². The maximum atomic E-state index is 12.0. The van der Waals surface area contributed by atoms with Gasteiger partial charge in [-0.05, 0) is 36.4 Å². The van der Waals surface area contributed by atoms with Crippen LogP contribution < -0.4 is 10.6 Å². The summed E-state index contributed by atoms with van der Waals surface area (Å²) in [7, 11) is 0. The minimum absolute atomic E-state index is 0.0664. The van der Waals surface area contributed by atoms with Crippen molar-refractivity contribution in [3.63, 3.8) is 0 Å². The van der Waals surface area contributed by atoms with Gasteiger partial charge in [0.25, 0.3) is 0 Å². The highest BCUT2D eigenvalue weighted by molar-refractivity contribution is 5.78. The molecule has 1 aromatic carbocycles. The maximum absolute atomic E-state index is 12.0. The number of carbonyl (C=O) groups is 1. The summed E-state index contributed by atoms with van der Waals surface area (Å²) in [6, 6.07) is 8.63. The number of aryl methyl sites for hydroxylation is 1. The van der Waals surface area contributed by atoms with E-state index < -0.39 is 0 Å². The fourth-order valence-corrected chi connectivity index (χ4v) is 2.20. The van der Waals surface area contributed by atoms with Crippen molar-refractivity contribution in [1.29, 1.82) is 0 Å². The zero-order valence-corrected chi connectivity index (χ0v) is 13.2. The lowest BCUT2D eigenvalue weighted by Crippen LogP contribution is -2.38. The number of benzene rings is 1. The minimum Gasteiger partial charge on any atom is -0.348 e. The molecule has 1 amide bonds. The highest BCUT2D eigenvalue weighted by Gasteiger charge is 2.17. The predicted molar refractivity (Wildman–Crippen MR) is 84.7 cm³/mol. The molecular weight excluding hydrogens is 248 g/mol. The van der Waals surface area contributed by atoms with Crippen LogP contribution in [0.3, 0.4) is 0 Å². The number of amides is 1. The third-order valence-electron chi connectivity index (χ3n) is 3.44. The van der Waals surface area contributed by atoms with Gasteiger partial charge in [0.05, 0.1) is 12.6 Å². The summed E-state index contributed by atoms with van der Waals surface area (Å²) < 4.78 is 0. The van der Waals surface area contributed by atoms with Gasteiger partial charge in [-0.25, -0.2) is 0 Å². The van der Waals surface area contributed by atoms with Gasteiger partial charge in [0.15, 0.2) is 0 Å². The zero-order valence-electron chi connectivity index (χ0n) is 13.2. The molecular formula is C17H28N2O. The monoisotopic (exact) mass is 276 g/mol. The molecule has 0 fully saturated rings. The molecule has 0 saturated heterocycles. The van der Waals surface area contributed by atoms with Crippen molar-refractivity contribution in [3.05, 3.63) is 35.4 Å². The molecule has 0 radical (unpaired) electrons. The van der Waals surface area contributed by atoms with Gasteiger partial charge < -0.3 is 10.6 Å². The van der Waals surface area contributed by atoms with Gasteiger partial charge in [-0.1, -0.05) is 52.0 Å². The summed E-state index contributed by atoms with van der Waals surface area (Å²) in [5.41, 5.74) is 2.51. The first-order valence-electron chi connectivity index (χ1n) is 7.67. The van der Waals surface area contributed by atoms with Crippen molar-refractivity contribution in [2.45, 2.75) is 46.6 Å². The quantitative estimate of drug-likeness (QED) is 0.717. The largest absolute Gasteiger partial charge is 0.348 e. The highest BCUT2D eigenvalue weighted by Crippen LogP contribution is 2.22. The van der Waals surface area contributed by atoms with Crippen LogP contribution >= 0.6 is 0 Å². The SMILES string of the molecule is CCCNCC(=O)NC(c1ccc(CC)cc1)C(C)C. The zero-order chi connectivity index (χ0) is 15.0. The van der Waals surface area contributed by atoms with Crippen LogP contribution in [0.25, 0.3) is 0 Å². The third kappa shape index (κ3) is 5.33. The second kappa shape index (κ2) is 8.75. The molecule has 2 N–H and O–H groups in total. The number of rotatable bonds is 8. The molecule has 1 atom stereocenters. The van der Waals surface area contributed by atoms with Crippen molar-refractivity contribution in [3.8, 4) is 0 Å². The highest BCUT2D eigenvalue weighted by atomic mass is 16.1. The van der Waals surface area contributed by atoms with E-state index in [9.17, 15) is 4.79 Å². The Morgan fingerprint density at radius 2 is 1.80 bits per heavy atom. The van der Waals surface area contributed by atoms with Gasteiger partial charge in [-0.2, -0.15) is 0 Å². The first-order chi connectivity index (χ1) is 9.58. The number of carbonyl (C=O) groups excluding carboxylic acids is 1. The van der Waals surface area contributed by atoms with E-state index in [0.29, 0.717) is 12.5 Å². The molecule has 1 aromatic rings. The molecule has 0 saturated carbocycles. The Labute approximate surface area is 123 Å². The van der Waals surface area contributed by atoms with Crippen molar-refractivity contribution < 1.29 is 4.79 Å². The molecule has 3 heteroatoms. The molecule has 112 valence electrons. The first-order valence-corrected chi connectivity index (χ1v) is 7.67. The summed E-state index contributed by atoms with van der Waals surface area (Å²) in [4.78, 5) is 12.0. The van der Waals surface area contributed by atoms with Crippen LogP contribution in [0.15, 0.2) is 24.3 Å². The summed E-state index contributed by atoms with van der Waals surface area (Å²) in [5, 5.41) is 6.26. The molecule has 1 rings (SSSR count). The summed E-state index contributed by atoms with van der Waals surface area (Å²) >= 11 is 0. The Bertz CT molecular complexity index is 398. The van der Waals surface area contributed by atoms with Gasteiger partial charge >= 0.3 is 0 Å². The first kappa shape index (κ1) is 16.7. The Morgan fingerprint density at radius 1 is 1.15 bits per heavy atom. The summed E-state index contributed by atoms with van der Waals surface area (Å²) in [5.74, 6) is 0.439. The molecule has 0 heterocycles. The molecule has 0 aromatic heterocycles. The summed E-state index contributed by atoms with van der Waals surface area (Å²) in [6.07, 6.45) is 2.08. The van der Waals surface area contributed by atoms with Crippen molar-refractivity contribution in [2.75, 3.05) is 13.1 Å². The molecule has 3 nitrogen and oxygen atoms in total. The molecule has 0 spiro atoms. The molecule has 0 aliphatic carbocycles. The Balaban J connectivity index is 2.65. The van der Waals surface area contributed by atoms with Crippen molar-refractivity contribution in [2.24, 2.45) is 5.92 Å². The average molecular weight is 276 g/mol. The van der Waals surface area contributed by atoms with E-state index in [4.69, 9.17) is 0 Å². The smallest absolute Gasteiger partial charge is 0.234 e. The van der Waals surface area contributed by atoms with E-state index in [1.54, 1.807) is 0 Å². The fraction of sp³-hybridized carbons (Fsp3) is 0.588. The molecule has 0 bridgehead atoms. The van der Waals surface area contributed by atoms with E-state index >= 15 is 0 Å². The number of hydrogen-bond donors (Lipinski definition) is 2. The molecule has 1 unspecified atom stereocenters. The van der Waals surface area contributed by atoms with Crippen LogP contribution in [0.4, 0.5) is 0 Å².